The maximum absolute atomic E-state index is 17.0. The number of halogens is 2. The number of Topliss-reactive ketones (excluding diaryl/α,β-unsaturated/α-hetero) is 1. The van der Waals surface area contributed by atoms with Crippen LogP contribution in [-0.4, -0.2) is 67.1 Å². The summed E-state index contributed by atoms with van der Waals surface area (Å²) in [5, 5.41) is 11.1. The zero-order valence-corrected chi connectivity index (χ0v) is 18.8. The number of carbonyl (C=O) groups is 2. The van der Waals surface area contributed by atoms with E-state index in [2.05, 4.69) is 4.18 Å². The minimum atomic E-state index is -3.86. The fraction of sp³-hybridized carbons (Fsp3) is 0.727. The first-order valence-electron chi connectivity index (χ1n) is 10.8. The van der Waals surface area contributed by atoms with Crippen LogP contribution in [0.2, 0.25) is 0 Å². The molecule has 176 valence electrons. The Balaban J connectivity index is 1.54. The molecule has 4 fully saturated rings. The van der Waals surface area contributed by atoms with E-state index >= 15 is 8.78 Å². The van der Waals surface area contributed by atoms with Crippen LogP contribution in [0.15, 0.2) is 23.8 Å². The summed E-state index contributed by atoms with van der Waals surface area (Å²) in [7, 11) is -3.86. The lowest BCUT2D eigenvalue weighted by Gasteiger charge is -2.59. The summed E-state index contributed by atoms with van der Waals surface area (Å²) < 4.78 is 65.7. The van der Waals surface area contributed by atoms with E-state index < -0.39 is 74.7 Å². The molecule has 0 aromatic heterocycles. The largest absolute Gasteiger partial charge is 0.390 e. The summed E-state index contributed by atoms with van der Waals surface area (Å²) in [6, 6.07) is 0. The number of ketones is 2. The van der Waals surface area contributed by atoms with E-state index in [0.29, 0.717) is 6.42 Å². The lowest BCUT2D eigenvalue weighted by atomic mass is 9.47. The number of hydrogen-bond acceptors (Lipinski definition) is 7. The Hall–Kier alpha value is -1.49. The fourth-order valence-electron chi connectivity index (χ4n) is 7.39. The van der Waals surface area contributed by atoms with Crippen molar-refractivity contribution in [1.82, 2.24) is 0 Å². The number of rotatable bonds is 4. The maximum Gasteiger partial charge on any atom is 0.264 e. The van der Waals surface area contributed by atoms with Gasteiger partial charge in [0.1, 0.15) is 18.4 Å². The Labute approximate surface area is 185 Å². The molecule has 1 aliphatic heterocycles. The Morgan fingerprint density at radius 1 is 1.34 bits per heavy atom. The molecule has 1 N–H and O–H groups in total. The highest BCUT2D eigenvalue weighted by Gasteiger charge is 2.88. The van der Waals surface area contributed by atoms with E-state index in [4.69, 9.17) is 4.74 Å². The van der Waals surface area contributed by atoms with Crippen molar-refractivity contribution in [3.05, 3.63) is 23.8 Å². The third kappa shape index (κ3) is 2.47. The lowest BCUT2D eigenvalue weighted by molar-refractivity contribution is -0.187. The lowest BCUT2D eigenvalue weighted by Crippen LogP contribution is -2.68. The third-order valence-corrected chi connectivity index (χ3v) is 9.27. The van der Waals surface area contributed by atoms with Gasteiger partial charge < -0.3 is 9.84 Å². The van der Waals surface area contributed by atoms with Crippen molar-refractivity contribution in [3.63, 3.8) is 0 Å². The van der Waals surface area contributed by atoms with Crippen LogP contribution in [0.4, 0.5) is 8.78 Å². The molecule has 7 nitrogen and oxygen atoms in total. The van der Waals surface area contributed by atoms with Gasteiger partial charge in [-0.25, -0.2) is 8.78 Å². The van der Waals surface area contributed by atoms with Crippen LogP contribution >= 0.6 is 0 Å². The standard InChI is InChI=1S/C22H26F2O7S/c1-11-6-13-14-8-16(23)15-7-12(25)4-5-19(15,2)21(14,24)17(26)9-20(13)22(11,31-20)18(27)10-30-32(3,28)29/h4-5,7,11,13-14,16-17,26H,6,8-10H2,1-3H3/t11-,13+,14+,16+,17+,19+,20-,21+,22+/m1/s1. The summed E-state index contributed by atoms with van der Waals surface area (Å²) in [5.74, 6) is -2.87. The summed E-state index contributed by atoms with van der Waals surface area (Å²) in [5.41, 5.74) is -6.29. The number of aliphatic hydroxyl groups is 1. The maximum atomic E-state index is 17.0. The van der Waals surface area contributed by atoms with Crippen molar-refractivity contribution >= 4 is 21.7 Å². The smallest absolute Gasteiger partial charge is 0.264 e. The van der Waals surface area contributed by atoms with Crippen LogP contribution in [0.3, 0.4) is 0 Å². The highest BCUT2D eigenvalue weighted by molar-refractivity contribution is 7.86. The van der Waals surface area contributed by atoms with Gasteiger partial charge in [0.05, 0.1) is 12.4 Å². The predicted octanol–water partition coefficient (Wildman–Crippen LogP) is 1.60. The van der Waals surface area contributed by atoms with Gasteiger partial charge in [-0.2, -0.15) is 8.42 Å². The van der Waals surface area contributed by atoms with Crippen LogP contribution in [0.1, 0.15) is 33.1 Å². The highest BCUT2D eigenvalue weighted by Crippen LogP contribution is 2.76. The van der Waals surface area contributed by atoms with E-state index in [1.165, 1.54) is 19.1 Å². The highest BCUT2D eigenvalue weighted by atomic mass is 32.2. The monoisotopic (exact) mass is 472 g/mol. The number of hydrogen-bond donors (Lipinski definition) is 1. The van der Waals surface area contributed by atoms with Gasteiger partial charge in [0.15, 0.2) is 22.8 Å². The van der Waals surface area contributed by atoms with E-state index in [9.17, 15) is 23.1 Å². The molecule has 5 rings (SSSR count). The zero-order valence-electron chi connectivity index (χ0n) is 18.0. The van der Waals surface area contributed by atoms with Gasteiger partial charge in [-0.15, -0.1) is 0 Å². The molecule has 0 aromatic carbocycles. The molecule has 4 aliphatic carbocycles. The number of allylic oxidation sites excluding steroid dienone is 4. The number of alkyl halides is 2. The van der Waals surface area contributed by atoms with E-state index in [-0.39, 0.29) is 24.3 Å². The van der Waals surface area contributed by atoms with Crippen molar-refractivity contribution in [1.29, 1.82) is 0 Å². The molecule has 1 saturated heterocycles. The minimum Gasteiger partial charge on any atom is -0.390 e. The van der Waals surface area contributed by atoms with Crippen LogP contribution in [0.5, 0.6) is 0 Å². The van der Waals surface area contributed by atoms with Crippen LogP contribution in [0, 0.1) is 23.2 Å². The van der Waals surface area contributed by atoms with Gasteiger partial charge >= 0.3 is 0 Å². The average Bonchev–Trinajstić information content (AvgIpc) is 3.30. The van der Waals surface area contributed by atoms with Crippen molar-refractivity contribution in [2.24, 2.45) is 23.2 Å². The minimum absolute atomic E-state index is 0.0328. The fourth-order valence-corrected chi connectivity index (χ4v) is 7.71. The first kappa shape index (κ1) is 22.3. The first-order valence-corrected chi connectivity index (χ1v) is 12.6. The summed E-state index contributed by atoms with van der Waals surface area (Å²) >= 11 is 0. The number of epoxide rings is 1. The van der Waals surface area contributed by atoms with Crippen LogP contribution in [0.25, 0.3) is 0 Å². The molecule has 0 amide bonds. The Bertz CT molecular complexity index is 1090. The molecule has 5 aliphatic rings. The van der Waals surface area contributed by atoms with Crippen molar-refractivity contribution in [2.75, 3.05) is 12.9 Å². The number of ether oxygens (including phenoxy) is 1. The molecule has 0 unspecified atom stereocenters. The van der Waals surface area contributed by atoms with Crippen molar-refractivity contribution in [3.8, 4) is 0 Å². The number of aliphatic hydroxyl groups excluding tert-OH is 1. The second-order valence-corrected chi connectivity index (χ2v) is 11.8. The van der Waals surface area contributed by atoms with Gasteiger partial charge in [0.2, 0.25) is 0 Å². The van der Waals surface area contributed by atoms with E-state index in [1.54, 1.807) is 6.92 Å². The topological polar surface area (TPSA) is 110 Å². The van der Waals surface area contributed by atoms with Crippen LogP contribution in [-0.2, 0) is 28.6 Å². The zero-order chi connectivity index (χ0) is 23.5. The molecule has 0 aromatic rings. The molecular formula is C22H26F2O7S. The van der Waals surface area contributed by atoms with Gasteiger partial charge in [-0.05, 0) is 49.3 Å². The average molecular weight is 473 g/mol. The van der Waals surface area contributed by atoms with Crippen molar-refractivity contribution in [2.45, 2.75) is 62.3 Å². The summed E-state index contributed by atoms with van der Waals surface area (Å²) in [6.07, 6.45) is 1.34. The summed E-state index contributed by atoms with van der Waals surface area (Å²) in [6.45, 7) is 2.56. The summed E-state index contributed by atoms with van der Waals surface area (Å²) in [4.78, 5) is 24.9. The molecule has 10 heteroatoms. The Morgan fingerprint density at radius 3 is 2.69 bits per heavy atom. The van der Waals surface area contributed by atoms with Gasteiger partial charge in [-0.3, -0.25) is 13.8 Å². The molecule has 3 saturated carbocycles. The van der Waals surface area contributed by atoms with Gasteiger partial charge in [0, 0.05) is 17.8 Å². The molecule has 32 heavy (non-hydrogen) atoms. The quantitative estimate of drug-likeness (QED) is 0.489. The van der Waals surface area contributed by atoms with Crippen LogP contribution < -0.4 is 0 Å². The molecular weight excluding hydrogens is 446 g/mol. The third-order valence-electron chi connectivity index (χ3n) is 8.73. The second kappa shape index (κ2) is 6.34. The SMILES string of the molecule is C[C@@H]1C[C@H]2[C@@H]3C[C@H](F)C4=CC(=O)C=C[C@]4(C)[C@@]3(F)[C@@H](O)C[C@@]23O[C@]13C(=O)COS(C)(=O)=O. The molecule has 9 atom stereocenters. The van der Waals surface area contributed by atoms with Gasteiger partial charge in [-0.1, -0.05) is 13.0 Å². The molecule has 1 heterocycles. The predicted molar refractivity (Wildman–Crippen MR) is 107 cm³/mol. The second-order valence-electron chi connectivity index (χ2n) is 10.2. The van der Waals surface area contributed by atoms with E-state index in [1.807, 2.05) is 0 Å². The van der Waals surface area contributed by atoms with Crippen molar-refractivity contribution < 1.29 is 40.8 Å². The number of fused-ring (bicyclic) bond motifs is 4. The molecule has 0 radical (unpaired) electrons. The Morgan fingerprint density at radius 2 is 2.03 bits per heavy atom. The number of carbonyl (C=O) groups excluding carboxylic acids is 2. The van der Waals surface area contributed by atoms with E-state index in [0.717, 1.165) is 12.3 Å². The molecule has 1 spiro atoms. The van der Waals surface area contributed by atoms with Gasteiger partial charge in [0.25, 0.3) is 10.1 Å². The first-order chi connectivity index (χ1) is 14.7. The normalized spacial score (nSPS) is 51.2. The Kier molecular flexibility index (Phi) is 4.42. The molecule has 0 bridgehead atoms.